The molecule has 0 amide bonds. The Balaban J connectivity index is 1.54. The number of nitrogens with zero attached hydrogens (tertiary/aromatic N) is 3. The Morgan fingerprint density at radius 3 is 2.85 bits per heavy atom. The molecule has 3 aliphatic rings. The van der Waals surface area contributed by atoms with Crippen LogP contribution < -0.4 is 4.74 Å². The summed E-state index contributed by atoms with van der Waals surface area (Å²) in [5.74, 6) is 2.63. The third-order valence-electron chi connectivity index (χ3n) is 4.28. The molecule has 4 nitrogen and oxygen atoms in total. The normalized spacial score (nSPS) is 28.8. The molecule has 0 aliphatic carbocycles. The zero-order chi connectivity index (χ0) is 13.8. The monoisotopic (exact) mass is 313 g/mol. The molecule has 4 heterocycles. The summed E-state index contributed by atoms with van der Waals surface area (Å²) < 4.78 is 14.9. The Labute approximate surface area is 129 Å². The van der Waals surface area contributed by atoms with Crippen LogP contribution in [0.25, 0.3) is 0 Å². The fourth-order valence-electron chi connectivity index (χ4n) is 3.04. The van der Waals surface area contributed by atoms with Gasteiger partial charge in [-0.05, 0) is 44.0 Å². The van der Waals surface area contributed by atoms with Crippen molar-refractivity contribution < 1.29 is 4.74 Å². The number of rotatable bonds is 7. The van der Waals surface area contributed by atoms with Crippen molar-refractivity contribution in [3.8, 4) is 5.88 Å². The van der Waals surface area contributed by atoms with E-state index >= 15 is 0 Å². The molecule has 6 heteroatoms. The number of aromatic nitrogens is 2. The zero-order valence-corrected chi connectivity index (χ0v) is 13.7. The van der Waals surface area contributed by atoms with Gasteiger partial charge in [0.05, 0.1) is 11.7 Å². The Kier molecular flexibility index (Phi) is 5.18. The van der Waals surface area contributed by atoms with Crippen molar-refractivity contribution in [3.63, 3.8) is 0 Å². The zero-order valence-electron chi connectivity index (χ0n) is 12.1. The summed E-state index contributed by atoms with van der Waals surface area (Å²) in [6.45, 7) is 5.80. The van der Waals surface area contributed by atoms with Crippen LogP contribution in [0.15, 0.2) is 5.03 Å². The number of piperidine rings is 3. The van der Waals surface area contributed by atoms with Crippen molar-refractivity contribution in [1.29, 1.82) is 0 Å². The first kappa shape index (κ1) is 14.6. The van der Waals surface area contributed by atoms with E-state index in [2.05, 4.69) is 20.6 Å². The molecule has 0 unspecified atom stereocenters. The largest absolute Gasteiger partial charge is 0.470 e. The maximum absolute atomic E-state index is 6.19. The molecule has 0 radical (unpaired) electrons. The predicted molar refractivity (Wildman–Crippen MR) is 83.7 cm³/mol. The van der Waals surface area contributed by atoms with E-state index in [9.17, 15) is 0 Å². The molecule has 0 N–H and O–H groups in total. The quantitative estimate of drug-likeness (QED) is 0.570. The third-order valence-corrected chi connectivity index (χ3v) is 5.94. The summed E-state index contributed by atoms with van der Waals surface area (Å²) in [6, 6.07) is 0. The summed E-state index contributed by atoms with van der Waals surface area (Å²) >= 11 is 3.08. The Morgan fingerprint density at radius 2 is 2.15 bits per heavy atom. The van der Waals surface area contributed by atoms with Gasteiger partial charge < -0.3 is 4.74 Å². The van der Waals surface area contributed by atoms with Gasteiger partial charge in [0.15, 0.2) is 5.03 Å². The van der Waals surface area contributed by atoms with E-state index in [0.717, 1.165) is 29.1 Å². The first-order valence-electron chi connectivity index (χ1n) is 7.71. The smallest absolute Gasteiger partial charge is 0.260 e. The van der Waals surface area contributed by atoms with Crippen molar-refractivity contribution in [3.05, 3.63) is 0 Å². The van der Waals surface area contributed by atoms with Crippen LogP contribution in [0.4, 0.5) is 0 Å². The first-order valence-corrected chi connectivity index (χ1v) is 9.42. The molecule has 4 rings (SSSR count). The average molecular weight is 313 g/mol. The molecule has 0 saturated carbocycles. The standard InChI is InChI=1S/C14H23N3OS2/c1-2-3-4-9-19-14-13(15-20-16-14)18-12-10-17-7-5-11(12)6-8-17/h11-12H,2-10H2,1H3/t12-/m0/s1. The van der Waals surface area contributed by atoms with Crippen LogP contribution in [0.2, 0.25) is 0 Å². The fraction of sp³-hybridized carbons (Fsp3) is 0.857. The summed E-state index contributed by atoms with van der Waals surface area (Å²) in [5, 5.41) is 1.00. The highest BCUT2D eigenvalue weighted by molar-refractivity contribution is 7.99. The fourth-order valence-corrected chi connectivity index (χ4v) is 4.57. The van der Waals surface area contributed by atoms with Gasteiger partial charge >= 0.3 is 0 Å². The molecule has 3 fully saturated rings. The van der Waals surface area contributed by atoms with Crippen molar-refractivity contribution in [2.24, 2.45) is 5.92 Å². The van der Waals surface area contributed by atoms with Crippen molar-refractivity contribution in [1.82, 2.24) is 13.6 Å². The molecule has 0 aromatic carbocycles. The molecular weight excluding hydrogens is 290 g/mol. The van der Waals surface area contributed by atoms with E-state index in [1.165, 1.54) is 56.9 Å². The molecule has 112 valence electrons. The second kappa shape index (κ2) is 7.09. The molecule has 3 aliphatic heterocycles. The van der Waals surface area contributed by atoms with Crippen LogP contribution in [0.1, 0.15) is 39.0 Å². The van der Waals surface area contributed by atoms with Crippen LogP contribution in [0, 0.1) is 5.92 Å². The first-order chi connectivity index (χ1) is 9.86. The Morgan fingerprint density at radius 1 is 1.30 bits per heavy atom. The summed E-state index contributed by atoms with van der Waals surface area (Å²) in [5.41, 5.74) is 0. The van der Waals surface area contributed by atoms with Gasteiger partial charge in [-0.2, -0.15) is 4.37 Å². The lowest BCUT2D eigenvalue weighted by Gasteiger charge is -2.44. The highest BCUT2D eigenvalue weighted by Gasteiger charge is 2.36. The minimum absolute atomic E-state index is 0.330. The second-order valence-corrected chi connectivity index (χ2v) is 7.34. The lowest BCUT2D eigenvalue weighted by atomic mass is 9.86. The average Bonchev–Trinajstić information content (AvgIpc) is 2.92. The number of fused-ring (bicyclic) bond motifs is 3. The van der Waals surface area contributed by atoms with Crippen LogP contribution in [0.3, 0.4) is 0 Å². The van der Waals surface area contributed by atoms with Crippen molar-refractivity contribution in [2.75, 3.05) is 25.4 Å². The number of thioether (sulfide) groups is 1. The predicted octanol–water partition coefficient (Wildman–Crippen LogP) is 3.29. The minimum Gasteiger partial charge on any atom is -0.470 e. The van der Waals surface area contributed by atoms with Gasteiger partial charge in [-0.3, -0.25) is 4.90 Å². The van der Waals surface area contributed by atoms with Crippen LogP contribution in [-0.2, 0) is 0 Å². The van der Waals surface area contributed by atoms with Gasteiger partial charge in [0, 0.05) is 6.54 Å². The molecular formula is C14H23N3OS2. The summed E-state index contributed by atoms with van der Waals surface area (Å²) in [6.07, 6.45) is 6.69. The van der Waals surface area contributed by atoms with Crippen LogP contribution >= 0.6 is 23.5 Å². The maximum Gasteiger partial charge on any atom is 0.260 e. The number of hydrogen-bond acceptors (Lipinski definition) is 6. The molecule has 20 heavy (non-hydrogen) atoms. The SMILES string of the molecule is CCCCCSc1nsnc1O[C@H]1CN2CCC1CC2. The van der Waals surface area contributed by atoms with Gasteiger partial charge in [0.25, 0.3) is 5.88 Å². The lowest BCUT2D eigenvalue weighted by molar-refractivity contribution is -0.0110. The Bertz CT molecular complexity index is 418. The van der Waals surface area contributed by atoms with Gasteiger partial charge in [-0.1, -0.05) is 31.5 Å². The third kappa shape index (κ3) is 3.46. The van der Waals surface area contributed by atoms with Gasteiger partial charge in [0.1, 0.15) is 6.10 Å². The van der Waals surface area contributed by atoms with E-state index < -0.39 is 0 Å². The van der Waals surface area contributed by atoms with E-state index in [4.69, 9.17) is 4.74 Å². The van der Waals surface area contributed by atoms with Gasteiger partial charge in [0.2, 0.25) is 0 Å². The highest BCUT2D eigenvalue weighted by Crippen LogP contribution is 2.34. The topological polar surface area (TPSA) is 38.3 Å². The molecule has 3 saturated heterocycles. The van der Waals surface area contributed by atoms with Crippen LogP contribution in [-0.4, -0.2) is 45.1 Å². The second-order valence-electron chi connectivity index (χ2n) is 5.72. The van der Waals surface area contributed by atoms with E-state index in [1.54, 1.807) is 11.8 Å². The van der Waals surface area contributed by atoms with E-state index in [1.807, 2.05) is 0 Å². The van der Waals surface area contributed by atoms with E-state index in [0.29, 0.717) is 6.10 Å². The summed E-state index contributed by atoms with van der Waals surface area (Å²) in [4.78, 5) is 2.51. The molecule has 1 aromatic rings. The van der Waals surface area contributed by atoms with Crippen molar-refractivity contribution in [2.45, 2.75) is 50.2 Å². The number of ether oxygens (including phenoxy) is 1. The lowest BCUT2D eigenvalue weighted by Crippen LogP contribution is -2.52. The molecule has 1 aromatic heterocycles. The highest BCUT2D eigenvalue weighted by atomic mass is 32.2. The molecule has 0 spiro atoms. The van der Waals surface area contributed by atoms with Crippen molar-refractivity contribution >= 4 is 23.5 Å². The molecule has 2 bridgehead atoms. The molecule has 1 atom stereocenters. The number of unbranched alkanes of at least 4 members (excludes halogenated alkanes) is 2. The van der Waals surface area contributed by atoms with Crippen LogP contribution in [0.5, 0.6) is 5.88 Å². The number of hydrogen-bond donors (Lipinski definition) is 0. The Hall–Kier alpha value is -0.330. The minimum atomic E-state index is 0.330. The van der Waals surface area contributed by atoms with Gasteiger partial charge in [-0.25, -0.2) is 0 Å². The summed E-state index contributed by atoms with van der Waals surface area (Å²) in [7, 11) is 0. The van der Waals surface area contributed by atoms with E-state index in [-0.39, 0.29) is 0 Å². The maximum atomic E-state index is 6.19. The van der Waals surface area contributed by atoms with Gasteiger partial charge in [-0.15, -0.1) is 4.37 Å².